The van der Waals surface area contributed by atoms with Crippen molar-refractivity contribution in [1.82, 2.24) is 15.1 Å². The first kappa shape index (κ1) is 14.8. The predicted molar refractivity (Wildman–Crippen MR) is 87.3 cm³/mol. The van der Waals surface area contributed by atoms with Gasteiger partial charge in [-0.05, 0) is 43.8 Å². The van der Waals surface area contributed by atoms with E-state index in [2.05, 4.69) is 15.7 Å². The Morgan fingerprint density at radius 3 is 2.95 bits per heavy atom. The molecule has 0 unspecified atom stereocenters. The Morgan fingerprint density at radius 2 is 2.25 bits per heavy atom. The van der Waals surface area contributed by atoms with Gasteiger partial charge in [-0.15, -0.1) is 0 Å². The highest BCUT2D eigenvalue weighted by Crippen LogP contribution is 2.13. The van der Waals surface area contributed by atoms with Gasteiger partial charge in [-0.2, -0.15) is 5.10 Å². The number of anilines is 1. The van der Waals surface area contributed by atoms with Crippen molar-refractivity contribution in [3.63, 3.8) is 0 Å². The van der Waals surface area contributed by atoms with Crippen molar-refractivity contribution in [3.05, 3.63) is 47.2 Å². The monoisotopic (exact) mass is 308 g/mol. The van der Waals surface area contributed by atoms with Gasteiger partial charge in [-0.25, -0.2) is 0 Å². The lowest BCUT2D eigenvalue weighted by molar-refractivity contribution is 0.687. The lowest BCUT2D eigenvalue weighted by atomic mass is 10.2. The lowest BCUT2D eigenvalue weighted by Crippen LogP contribution is -2.33. The highest BCUT2D eigenvalue weighted by Gasteiger charge is 2.03. The van der Waals surface area contributed by atoms with Crippen LogP contribution in [0.4, 0.5) is 5.69 Å². The molecule has 0 fully saturated rings. The van der Waals surface area contributed by atoms with E-state index in [0.717, 1.165) is 16.3 Å². The van der Waals surface area contributed by atoms with Gasteiger partial charge in [0.25, 0.3) is 0 Å². The van der Waals surface area contributed by atoms with E-state index in [4.69, 9.17) is 23.8 Å². The number of nitrogens with one attached hydrogen (secondary N) is 2. The lowest BCUT2D eigenvalue weighted by Gasteiger charge is -2.11. The fourth-order valence-corrected chi connectivity index (χ4v) is 2.33. The molecular formula is C14H17ClN4S. The summed E-state index contributed by atoms with van der Waals surface area (Å²) in [6.07, 6.45) is 3.66. The fourth-order valence-electron chi connectivity index (χ4n) is 1.77. The average Bonchev–Trinajstić information content (AvgIpc) is 2.75. The molecule has 2 aromatic rings. The number of aromatic nitrogens is 2. The number of hydrogen-bond acceptors (Lipinski definition) is 2. The summed E-state index contributed by atoms with van der Waals surface area (Å²) < 4.78 is 1.84. The third-order valence-corrected chi connectivity index (χ3v) is 3.00. The molecule has 4 nitrogen and oxygen atoms in total. The first-order valence-electron chi connectivity index (χ1n) is 6.37. The number of nitrogens with zero attached hydrogens (tertiary/aromatic N) is 2. The number of rotatable bonds is 4. The molecule has 0 aliphatic carbocycles. The van der Waals surface area contributed by atoms with E-state index in [1.807, 2.05) is 49.0 Å². The van der Waals surface area contributed by atoms with Crippen LogP contribution in [0.25, 0.3) is 0 Å². The van der Waals surface area contributed by atoms with Gasteiger partial charge in [-0.3, -0.25) is 4.68 Å². The van der Waals surface area contributed by atoms with Crippen molar-refractivity contribution in [2.45, 2.75) is 26.4 Å². The Labute approximate surface area is 129 Å². The normalized spacial score (nSPS) is 10.6. The first-order valence-corrected chi connectivity index (χ1v) is 7.16. The molecule has 6 heteroatoms. The van der Waals surface area contributed by atoms with Crippen LogP contribution in [0, 0.1) is 0 Å². The molecule has 0 radical (unpaired) electrons. The minimum atomic E-state index is 0.302. The highest BCUT2D eigenvalue weighted by molar-refractivity contribution is 7.80. The third-order valence-electron chi connectivity index (χ3n) is 2.54. The SMILES string of the molecule is CC(C)NC(=S)Nc1cnn(Cc2cccc(Cl)c2)c1. The van der Waals surface area contributed by atoms with Gasteiger partial charge in [0.15, 0.2) is 5.11 Å². The van der Waals surface area contributed by atoms with E-state index in [1.54, 1.807) is 6.20 Å². The van der Waals surface area contributed by atoms with Gasteiger partial charge in [0.05, 0.1) is 18.4 Å². The van der Waals surface area contributed by atoms with Crippen molar-refractivity contribution >= 4 is 34.6 Å². The molecule has 1 aromatic carbocycles. The topological polar surface area (TPSA) is 41.9 Å². The predicted octanol–water partition coefficient (Wildman–Crippen LogP) is 3.28. The Kier molecular flexibility index (Phi) is 4.98. The second-order valence-corrected chi connectivity index (χ2v) is 5.65. The molecule has 2 rings (SSSR count). The zero-order valence-electron chi connectivity index (χ0n) is 11.4. The van der Waals surface area contributed by atoms with Crippen LogP contribution in [-0.4, -0.2) is 20.9 Å². The maximum absolute atomic E-state index is 5.97. The summed E-state index contributed by atoms with van der Waals surface area (Å²) in [7, 11) is 0. The third kappa shape index (κ3) is 4.51. The molecule has 0 spiro atoms. The molecule has 20 heavy (non-hydrogen) atoms. The maximum atomic E-state index is 5.97. The highest BCUT2D eigenvalue weighted by atomic mass is 35.5. The Morgan fingerprint density at radius 1 is 1.45 bits per heavy atom. The molecule has 1 aromatic heterocycles. The standard InChI is InChI=1S/C14H17ClN4S/c1-10(2)17-14(20)18-13-7-16-19(9-13)8-11-4-3-5-12(15)6-11/h3-7,9-10H,8H2,1-2H3,(H2,17,18,20). The molecule has 0 saturated carbocycles. The molecule has 0 aliphatic rings. The van der Waals surface area contributed by atoms with Crippen LogP contribution in [0.15, 0.2) is 36.7 Å². The molecule has 1 heterocycles. The van der Waals surface area contributed by atoms with E-state index in [-0.39, 0.29) is 0 Å². The van der Waals surface area contributed by atoms with Crippen molar-refractivity contribution in [1.29, 1.82) is 0 Å². The molecule has 0 saturated heterocycles. The van der Waals surface area contributed by atoms with Gasteiger partial charge in [-0.1, -0.05) is 23.7 Å². The van der Waals surface area contributed by atoms with E-state index < -0.39 is 0 Å². The maximum Gasteiger partial charge on any atom is 0.171 e. The van der Waals surface area contributed by atoms with Crippen LogP contribution < -0.4 is 10.6 Å². The number of thiocarbonyl (C=S) groups is 1. The van der Waals surface area contributed by atoms with Crippen molar-refractivity contribution in [2.75, 3.05) is 5.32 Å². The Balaban J connectivity index is 1.97. The molecule has 0 aliphatic heterocycles. The van der Waals surface area contributed by atoms with Crippen LogP contribution in [0.5, 0.6) is 0 Å². The fraction of sp³-hybridized carbons (Fsp3) is 0.286. The van der Waals surface area contributed by atoms with E-state index in [9.17, 15) is 0 Å². The van der Waals surface area contributed by atoms with Crippen LogP contribution in [-0.2, 0) is 6.54 Å². The molecule has 106 valence electrons. The summed E-state index contributed by atoms with van der Waals surface area (Å²) in [5.74, 6) is 0. The second kappa shape index (κ2) is 6.72. The molecular weight excluding hydrogens is 292 g/mol. The van der Waals surface area contributed by atoms with Crippen LogP contribution in [0.2, 0.25) is 5.02 Å². The van der Waals surface area contributed by atoms with Crippen molar-refractivity contribution in [2.24, 2.45) is 0 Å². The summed E-state index contributed by atoms with van der Waals surface area (Å²) in [5, 5.41) is 11.9. The summed E-state index contributed by atoms with van der Waals surface area (Å²) >= 11 is 11.2. The van der Waals surface area contributed by atoms with Gasteiger partial charge in [0.1, 0.15) is 0 Å². The van der Waals surface area contributed by atoms with Crippen molar-refractivity contribution < 1.29 is 0 Å². The Hall–Kier alpha value is -1.59. The minimum absolute atomic E-state index is 0.302. The summed E-state index contributed by atoms with van der Waals surface area (Å²) in [4.78, 5) is 0. The van der Waals surface area contributed by atoms with Crippen LogP contribution in [0.1, 0.15) is 19.4 Å². The first-order chi connectivity index (χ1) is 9.52. The molecule has 0 atom stereocenters. The van der Waals surface area contributed by atoms with E-state index in [0.29, 0.717) is 17.7 Å². The average molecular weight is 309 g/mol. The van der Waals surface area contributed by atoms with Gasteiger partial charge in [0, 0.05) is 17.3 Å². The molecule has 2 N–H and O–H groups in total. The van der Waals surface area contributed by atoms with Crippen LogP contribution >= 0.6 is 23.8 Å². The van der Waals surface area contributed by atoms with Gasteiger partial charge in [0.2, 0.25) is 0 Å². The quantitative estimate of drug-likeness (QED) is 0.851. The van der Waals surface area contributed by atoms with Gasteiger partial charge >= 0.3 is 0 Å². The van der Waals surface area contributed by atoms with Crippen LogP contribution in [0.3, 0.4) is 0 Å². The number of halogens is 1. The van der Waals surface area contributed by atoms with Gasteiger partial charge < -0.3 is 10.6 Å². The smallest absolute Gasteiger partial charge is 0.171 e. The largest absolute Gasteiger partial charge is 0.360 e. The zero-order valence-corrected chi connectivity index (χ0v) is 13.0. The van der Waals surface area contributed by atoms with Crippen molar-refractivity contribution in [3.8, 4) is 0 Å². The molecule has 0 amide bonds. The number of benzene rings is 1. The van der Waals surface area contributed by atoms with E-state index >= 15 is 0 Å². The molecule has 0 bridgehead atoms. The second-order valence-electron chi connectivity index (χ2n) is 4.81. The summed E-state index contributed by atoms with van der Waals surface area (Å²) in [6.45, 7) is 4.75. The Bertz CT molecular complexity index is 594. The zero-order chi connectivity index (χ0) is 14.5. The minimum Gasteiger partial charge on any atom is -0.360 e. The summed E-state index contributed by atoms with van der Waals surface area (Å²) in [5.41, 5.74) is 1.97. The van der Waals surface area contributed by atoms with E-state index in [1.165, 1.54) is 0 Å². The summed E-state index contributed by atoms with van der Waals surface area (Å²) in [6, 6.07) is 8.04. The number of hydrogen-bond donors (Lipinski definition) is 2.